The van der Waals surface area contributed by atoms with Gasteiger partial charge in [-0.1, -0.05) is 25.1 Å². The van der Waals surface area contributed by atoms with Crippen LogP contribution in [0.1, 0.15) is 22.8 Å². The van der Waals surface area contributed by atoms with E-state index in [2.05, 4.69) is 17.3 Å². The number of para-hydroxylation sites is 1. The molecule has 0 spiro atoms. The molecule has 1 amide bonds. The number of nitrogens with one attached hydrogen (secondary N) is 1. The van der Waals surface area contributed by atoms with Crippen LogP contribution in [-0.4, -0.2) is 15.7 Å². The predicted octanol–water partition coefficient (Wildman–Crippen LogP) is 2.23. The molecule has 1 N–H and O–H groups in total. The molecule has 0 saturated heterocycles. The molecule has 88 valence electrons. The molecule has 2 aromatic rings. The zero-order chi connectivity index (χ0) is 12.3. The quantitative estimate of drug-likeness (QED) is 0.877. The van der Waals surface area contributed by atoms with E-state index in [9.17, 15) is 4.79 Å². The summed E-state index contributed by atoms with van der Waals surface area (Å²) in [6.07, 6.45) is 4.15. The first-order valence-electron chi connectivity index (χ1n) is 5.58. The molecule has 0 fully saturated rings. The normalized spacial score (nSPS) is 10.2. The highest BCUT2D eigenvalue weighted by atomic mass is 16.1. The van der Waals surface area contributed by atoms with E-state index in [1.54, 1.807) is 24.1 Å². The van der Waals surface area contributed by atoms with Crippen molar-refractivity contribution in [3.05, 3.63) is 47.8 Å². The minimum Gasteiger partial charge on any atom is -0.322 e. The van der Waals surface area contributed by atoms with Crippen LogP contribution in [0.2, 0.25) is 0 Å². The number of carbonyl (C=O) groups excluding carboxylic acids is 1. The van der Waals surface area contributed by atoms with Crippen LogP contribution >= 0.6 is 0 Å². The first-order valence-corrected chi connectivity index (χ1v) is 5.58. The van der Waals surface area contributed by atoms with E-state index in [0.29, 0.717) is 5.56 Å². The summed E-state index contributed by atoms with van der Waals surface area (Å²) in [7, 11) is 1.79. The van der Waals surface area contributed by atoms with E-state index >= 15 is 0 Å². The van der Waals surface area contributed by atoms with Gasteiger partial charge >= 0.3 is 0 Å². The Hall–Kier alpha value is -2.10. The molecule has 0 atom stereocenters. The highest BCUT2D eigenvalue weighted by Gasteiger charge is 2.09. The number of nitrogens with zero attached hydrogens (tertiary/aromatic N) is 2. The number of hydrogen-bond donors (Lipinski definition) is 1. The van der Waals surface area contributed by atoms with Gasteiger partial charge < -0.3 is 5.32 Å². The second-order valence-electron chi connectivity index (χ2n) is 3.87. The zero-order valence-electron chi connectivity index (χ0n) is 9.97. The van der Waals surface area contributed by atoms with Crippen LogP contribution in [0, 0.1) is 0 Å². The SMILES string of the molecule is CCc1ccccc1NC(=O)c1cnn(C)c1. The average Bonchev–Trinajstić information content (AvgIpc) is 2.77. The first kappa shape index (κ1) is 11.4. The molecule has 1 heterocycles. The molecular formula is C13H15N3O. The van der Waals surface area contributed by atoms with Crippen molar-refractivity contribution in [2.75, 3.05) is 5.32 Å². The van der Waals surface area contributed by atoms with Crippen molar-refractivity contribution in [2.45, 2.75) is 13.3 Å². The lowest BCUT2D eigenvalue weighted by atomic mass is 10.1. The van der Waals surface area contributed by atoms with E-state index in [0.717, 1.165) is 17.7 Å². The fourth-order valence-electron chi connectivity index (χ4n) is 1.68. The smallest absolute Gasteiger partial charge is 0.258 e. The third-order valence-electron chi connectivity index (χ3n) is 2.61. The number of amides is 1. The fourth-order valence-corrected chi connectivity index (χ4v) is 1.68. The number of benzene rings is 1. The Balaban J connectivity index is 2.18. The Morgan fingerprint density at radius 3 is 2.82 bits per heavy atom. The molecule has 0 radical (unpaired) electrons. The lowest BCUT2D eigenvalue weighted by molar-refractivity contribution is 0.102. The van der Waals surface area contributed by atoms with Crippen LogP contribution in [0.25, 0.3) is 0 Å². The van der Waals surface area contributed by atoms with Gasteiger partial charge in [-0.05, 0) is 18.1 Å². The Bertz CT molecular complexity index is 531. The van der Waals surface area contributed by atoms with Gasteiger partial charge in [-0.15, -0.1) is 0 Å². The topological polar surface area (TPSA) is 46.9 Å². The molecule has 1 aromatic heterocycles. The van der Waals surface area contributed by atoms with Gasteiger partial charge in [0, 0.05) is 18.9 Å². The molecule has 4 nitrogen and oxygen atoms in total. The summed E-state index contributed by atoms with van der Waals surface area (Å²) < 4.78 is 1.61. The molecule has 4 heteroatoms. The first-order chi connectivity index (χ1) is 8.20. The summed E-state index contributed by atoms with van der Waals surface area (Å²) in [5.74, 6) is -0.126. The molecule has 17 heavy (non-hydrogen) atoms. The molecule has 0 aliphatic heterocycles. The second-order valence-corrected chi connectivity index (χ2v) is 3.87. The summed E-state index contributed by atoms with van der Waals surface area (Å²) in [6, 6.07) is 7.81. The van der Waals surface area contributed by atoms with Gasteiger partial charge in [0.05, 0.1) is 11.8 Å². The van der Waals surface area contributed by atoms with E-state index in [1.165, 1.54) is 0 Å². The van der Waals surface area contributed by atoms with Gasteiger partial charge in [-0.25, -0.2) is 0 Å². The van der Waals surface area contributed by atoms with Crippen molar-refractivity contribution >= 4 is 11.6 Å². The number of aryl methyl sites for hydroxylation is 2. The van der Waals surface area contributed by atoms with Gasteiger partial charge in [-0.3, -0.25) is 9.48 Å². The minimum absolute atomic E-state index is 0.126. The van der Waals surface area contributed by atoms with Gasteiger partial charge in [-0.2, -0.15) is 5.10 Å². The monoisotopic (exact) mass is 229 g/mol. The summed E-state index contributed by atoms with van der Waals surface area (Å²) in [6.45, 7) is 2.06. The van der Waals surface area contributed by atoms with Crippen LogP contribution in [0.4, 0.5) is 5.69 Å². The number of carbonyl (C=O) groups is 1. The molecular weight excluding hydrogens is 214 g/mol. The average molecular weight is 229 g/mol. The minimum atomic E-state index is -0.126. The number of anilines is 1. The Morgan fingerprint density at radius 1 is 1.41 bits per heavy atom. The summed E-state index contributed by atoms with van der Waals surface area (Å²) in [5.41, 5.74) is 2.56. The summed E-state index contributed by atoms with van der Waals surface area (Å²) in [4.78, 5) is 11.9. The van der Waals surface area contributed by atoms with Crippen molar-refractivity contribution < 1.29 is 4.79 Å². The van der Waals surface area contributed by atoms with Gasteiger partial charge in [0.25, 0.3) is 5.91 Å². The van der Waals surface area contributed by atoms with Crippen LogP contribution < -0.4 is 5.32 Å². The van der Waals surface area contributed by atoms with Crippen LogP contribution in [-0.2, 0) is 13.5 Å². The van der Waals surface area contributed by atoms with Crippen molar-refractivity contribution in [3.63, 3.8) is 0 Å². The maximum atomic E-state index is 11.9. The Morgan fingerprint density at radius 2 is 2.18 bits per heavy atom. The van der Waals surface area contributed by atoms with Gasteiger partial charge in [0.15, 0.2) is 0 Å². The predicted molar refractivity (Wildman–Crippen MR) is 67.0 cm³/mol. The van der Waals surface area contributed by atoms with Gasteiger partial charge in [0.2, 0.25) is 0 Å². The van der Waals surface area contributed by atoms with E-state index in [-0.39, 0.29) is 5.91 Å². The van der Waals surface area contributed by atoms with Crippen molar-refractivity contribution in [1.82, 2.24) is 9.78 Å². The van der Waals surface area contributed by atoms with Crippen LogP contribution in [0.5, 0.6) is 0 Å². The standard InChI is InChI=1S/C13H15N3O/c1-3-10-6-4-5-7-12(10)15-13(17)11-8-14-16(2)9-11/h4-9H,3H2,1-2H3,(H,15,17). The van der Waals surface area contributed by atoms with Crippen LogP contribution in [0.15, 0.2) is 36.7 Å². The molecule has 2 rings (SSSR count). The lowest BCUT2D eigenvalue weighted by Crippen LogP contribution is -2.12. The number of hydrogen-bond acceptors (Lipinski definition) is 2. The molecule has 0 aliphatic carbocycles. The zero-order valence-corrected chi connectivity index (χ0v) is 9.97. The van der Waals surface area contributed by atoms with E-state index in [4.69, 9.17) is 0 Å². The van der Waals surface area contributed by atoms with Crippen molar-refractivity contribution in [2.24, 2.45) is 7.05 Å². The maximum Gasteiger partial charge on any atom is 0.258 e. The van der Waals surface area contributed by atoms with Crippen molar-refractivity contribution in [1.29, 1.82) is 0 Å². The van der Waals surface area contributed by atoms with Crippen LogP contribution in [0.3, 0.4) is 0 Å². The third kappa shape index (κ3) is 2.53. The Kier molecular flexibility index (Phi) is 3.23. The Labute approximate surface area is 100 Å². The highest BCUT2D eigenvalue weighted by Crippen LogP contribution is 2.16. The molecule has 1 aromatic carbocycles. The molecule has 0 bridgehead atoms. The molecule has 0 saturated carbocycles. The second kappa shape index (κ2) is 4.82. The lowest BCUT2D eigenvalue weighted by Gasteiger charge is -2.08. The van der Waals surface area contributed by atoms with E-state index in [1.807, 2.05) is 24.3 Å². The molecule has 0 aliphatic rings. The number of aromatic nitrogens is 2. The molecule has 0 unspecified atom stereocenters. The van der Waals surface area contributed by atoms with E-state index < -0.39 is 0 Å². The highest BCUT2D eigenvalue weighted by molar-refractivity contribution is 6.04. The largest absolute Gasteiger partial charge is 0.322 e. The fraction of sp³-hybridized carbons (Fsp3) is 0.231. The summed E-state index contributed by atoms with van der Waals surface area (Å²) in [5, 5.41) is 6.88. The summed E-state index contributed by atoms with van der Waals surface area (Å²) >= 11 is 0. The maximum absolute atomic E-state index is 11.9. The van der Waals surface area contributed by atoms with Crippen molar-refractivity contribution in [3.8, 4) is 0 Å². The number of rotatable bonds is 3. The third-order valence-corrected chi connectivity index (χ3v) is 2.61. The van der Waals surface area contributed by atoms with Gasteiger partial charge in [0.1, 0.15) is 0 Å².